The molecule has 1 rings (SSSR count). The minimum Gasteiger partial charge on any atom is -0.394 e. The number of aliphatic hydroxyl groups excluding tert-OH is 1. The highest BCUT2D eigenvalue weighted by Crippen LogP contribution is 2.25. The molecule has 0 aromatic heterocycles. The van der Waals surface area contributed by atoms with Crippen molar-refractivity contribution in [1.29, 1.82) is 0 Å². The topological polar surface area (TPSA) is 35.5 Å². The van der Waals surface area contributed by atoms with Gasteiger partial charge in [0.05, 0.1) is 12.1 Å². The molecule has 0 aromatic carbocycles. The fourth-order valence-corrected chi connectivity index (χ4v) is 2.30. The molecule has 1 aliphatic rings. The predicted octanol–water partition coefficient (Wildman–Crippen LogP) is 0.439. The highest BCUT2D eigenvalue weighted by atomic mass is 16.3. The van der Waals surface area contributed by atoms with Crippen LogP contribution in [0.25, 0.3) is 0 Å². The second-order valence-electron chi connectivity index (χ2n) is 4.71. The molecule has 1 saturated heterocycles. The lowest BCUT2D eigenvalue weighted by Gasteiger charge is -2.30. The fraction of sp³-hybridized carbons (Fsp3) is 1.00. The molecular formula is C10H22N2O. The van der Waals surface area contributed by atoms with Crippen molar-refractivity contribution in [3.63, 3.8) is 0 Å². The molecule has 0 aliphatic carbocycles. The van der Waals surface area contributed by atoms with Gasteiger partial charge in [-0.3, -0.25) is 0 Å². The third-order valence-corrected chi connectivity index (χ3v) is 2.89. The fourth-order valence-electron chi connectivity index (χ4n) is 2.30. The monoisotopic (exact) mass is 186 g/mol. The molecule has 0 bridgehead atoms. The van der Waals surface area contributed by atoms with Crippen LogP contribution >= 0.6 is 0 Å². The van der Waals surface area contributed by atoms with Crippen molar-refractivity contribution in [3.05, 3.63) is 0 Å². The Morgan fingerprint density at radius 2 is 2.23 bits per heavy atom. The average molecular weight is 186 g/mol. The van der Waals surface area contributed by atoms with Crippen LogP contribution in [0.5, 0.6) is 0 Å². The van der Waals surface area contributed by atoms with Crippen LogP contribution in [0, 0.1) is 0 Å². The molecule has 1 fully saturated rings. The van der Waals surface area contributed by atoms with Crippen LogP contribution in [-0.2, 0) is 0 Å². The van der Waals surface area contributed by atoms with E-state index in [0.717, 1.165) is 13.0 Å². The lowest BCUT2D eigenvalue weighted by molar-refractivity contribution is 0.156. The maximum Gasteiger partial charge on any atom is 0.0626 e. The highest BCUT2D eigenvalue weighted by Gasteiger charge is 2.40. The summed E-state index contributed by atoms with van der Waals surface area (Å²) in [5.41, 5.74) is -0.0671. The predicted molar refractivity (Wildman–Crippen MR) is 54.8 cm³/mol. The number of likely N-dealkylation sites (N-methyl/N-ethyl adjacent to an activating group) is 1. The quantitative estimate of drug-likeness (QED) is 0.671. The van der Waals surface area contributed by atoms with Gasteiger partial charge in [-0.15, -0.1) is 0 Å². The summed E-state index contributed by atoms with van der Waals surface area (Å²) in [4.78, 5) is 2.30. The van der Waals surface area contributed by atoms with Crippen LogP contribution in [0.1, 0.15) is 27.2 Å². The van der Waals surface area contributed by atoms with Crippen LogP contribution < -0.4 is 5.32 Å². The Hall–Kier alpha value is -0.120. The van der Waals surface area contributed by atoms with Crippen LogP contribution in [0.4, 0.5) is 0 Å². The van der Waals surface area contributed by atoms with E-state index in [4.69, 9.17) is 0 Å². The van der Waals surface area contributed by atoms with Gasteiger partial charge in [0.25, 0.3) is 0 Å². The molecule has 2 unspecified atom stereocenters. The second kappa shape index (κ2) is 3.95. The van der Waals surface area contributed by atoms with Crippen molar-refractivity contribution < 1.29 is 5.11 Å². The van der Waals surface area contributed by atoms with Crippen molar-refractivity contribution in [1.82, 2.24) is 10.2 Å². The van der Waals surface area contributed by atoms with Gasteiger partial charge in [0.1, 0.15) is 0 Å². The van der Waals surface area contributed by atoms with E-state index in [1.165, 1.54) is 0 Å². The van der Waals surface area contributed by atoms with E-state index in [1.807, 2.05) is 0 Å². The summed E-state index contributed by atoms with van der Waals surface area (Å²) in [6.45, 7) is 7.64. The summed E-state index contributed by atoms with van der Waals surface area (Å²) in [6.07, 6.45) is 1.04. The smallest absolute Gasteiger partial charge is 0.0626 e. The zero-order valence-corrected chi connectivity index (χ0v) is 9.17. The number of nitrogens with zero attached hydrogens (tertiary/aromatic N) is 1. The minimum absolute atomic E-state index is 0.0671. The van der Waals surface area contributed by atoms with Crippen LogP contribution in [0.15, 0.2) is 0 Å². The average Bonchev–Trinajstić information content (AvgIpc) is 2.27. The number of aliphatic hydroxyl groups is 1. The first-order valence-electron chi connectivity index (χ1n) is 5.08. The summed E-state index contributed by atoms with van der Waals surface area (Å²) in [7, 11) is 2.12. The molecule has 13 heavy (non-hydrogen) atoms. The van der Waals surface area contributed by atoms with E-state index < -0.39 is 0 Å². The Balaban J connectivity index is 2.62. The number of nitrogens with one attached hydrogen (secondary N) is 1. The van der Waals surface area contributed by atoms with Gasteiger partial charge in [0.15, 0.2) is 0 Å². The summed E-state index contributed by atoms with van der Waals surface area (Å²) in [6, 6.07) is 1.00. The van der Waals surface area contributed by atoms with Gasteiger partial charge in [-0.1, -0.05) is 13.8 Å². The first-order valence-corrected chi connectivity index (χ1v) is 5.08. The van der Waals surface area contributed by atoms with E-state index >= 15 is 0 Å². The van der Waals surface area contributed by atoms with Gasteiger partial charge in [0.2, 0.25) is 0 Å². The van der Waals surface area contributed by atoms with Crippen LogP contribution in [0.2, 0.25) is 0 Å². The maximum atomic E-state index is 9.41. The van der Waals surface area contributed by atoms with Crippen molar-refractivity contribution >= 4 is 0 Å². The minimum atomic E-state index is -0.0671. The Morgan fingerprint density at radius 3 is 2.54 bits per heavy atom. The lowest BCUT2D eigenvalue weighted by atomic mass is 9.96. The van der Waals surface area contributed by atoms with Crippen molar-refractivity contribution in [2.24, 2.45) is 0 Å². The van der Waals surface area contributed by atoms with Gasteiger partial charge in [-0.25, -0.2) is 0 Å². The number of likely N-dealkylation sites (tertiary alicyclic amines) is 1. The Labute approximate surface area is 81.1 Å². The second-order valence-corrected chi connectivity index (χ2v) is 4.71. The SMILES string of the molecule is CC(C)NC1(CO)CC(C)N(C)C1. The van der Waals surface area contributed by atoms with Gasteiger partial charge in [0, 0.05) is 18.6 Å². The Kier molecular flexibility index (Phi) is 3.33. The van der Waals surface area contributed by atoms with Gasteiger partial charge in [-0.2, -0.15) is 0 Å². The molecule has 0 spiro atoms. The number of rotatable bonds is 3. The Bertz CT molecular complexity index is 155. The summed E-state index contributed by atoms with van der Waals surface area (Å²) >= 11 is 0. The van der Waals surface area contributed by atoms with E-state index in [-0.39, 0.29) is 12.1 Å². The normalized spacial score (nSPS) is 36.0. The molecule has 0 radical (unpaired) electrons. The van der Waals surface area contributed by atoms with E-state index in [0.29, 0.717) is 12.1 Å². The van der Waals surface area contributed by atoms with Gasteiger partial charge in [-0.05, 0) is 20.4 Å². The molecule has 2 atom stereocenters. The van der Waals surface area contributed by atoms with Crippen LogP contribution in [0.3, 0.4) is 0 Å². The molecule has 78 valence electrons. The van der Waals surface area contributed by atoms with Crippen molar-refractivity contribution in [3.8, 4) is 0 Å². The third-order valence-electron chi connectivity index (χ3n) is 2.89. The standard InChI is InChI=1S/C10H22N2O/c1-8(2)11-10(7-13)5-9(3)12(4)6-10/h8-9,11,13H,5-7H2,1-4H3. The van der Waals surface area contributed by atoms with Crippen LogP contribution in [-0.4, -0.2) is 47.8 Å². The van der Waals surface area contributed by atoms with E-state index in [9.17, 15) is 5.11 Å². The molecule has 0 saturated carbocycles. The van der Waals surface area contributed by atoms with E-state index in [1.54, 1.807) is 0 Å². The third kappa shape index (κ3) is 2.42. The number of hydrogen-bond acceptors (Lipinski definition) is 3. The summed E-state index contributed by atoms with van der Waals surface area (Å²) in [5, 5.41) is 12.9. The first kappa shape index (κ1) is 11.0. The first-order chi connectivity index (χ1) is 5.99. The lowest BCUT2D eigenvalue weighted by Crippen LogP contribution is -2.53. The summed E-state index contributed by atoms with van der Waals surface area (Å²) in [5.74, 6) is 0. The molecule has 0 aromatic rings. The molecule has 3 heteroatoms. The van der Waals surface area contributed by atoms with Crippen molar-refractivity contribution in [2.45, 2.75) is 44.8 Å². The largest absolute Gasteiger partial charge is 0.394 e. The highest BCUT2D eigenvalue weighted by molar-refractivity contribution is 5.00. The molecule has 2 N–H and O–H groups in total. The molecule has 0 amide bonds. The molecular weight excluding hydrogens is 164 g/mol. The maximum absolute atomic E-state index is 9.41. The molecule has 3 nitrogen and oxygen atoms in total. The van der Waals surface area contributed by atoms with Crippen molar-refractivity contribution in [2.75, 3.05) is 20.2 Å². The zero-order valence-electron chi connectivity index (χ0n) is 9.17. The van der Waals surface area contributed by atoms with Gasteiger partial charge < -0.3 is 15.3 Å². The Morgan fingerprint density at radius 1 is 1.62 bits per heavy atom. The molecule has 1 heterocycles. The zero-order chi connectivity index (χ0) is 10.1. The van der Waals surface area contributed by atoms with E-state index in [2.05, 4.69) is 38.0 Å². The molecule has 1 aliphatic heterocycles. The summed E-state index contributed by atoms with van der Waals surface area (Å²) < 4.78 is 0. The van der Waals surface area contributed by atoms with Gasteiger partial charge >= 0.3 is 0 Å². The number of hydrogen-bond donors (Lipinski definition) is 2.